The molecule has 1 aliphatic heterocycles. The van der Waals surface area contributed by atoms with E-state index in [-0.39, 0.29) is 17.1 Å². The van der Waals surface area contributed by atoms with Crippen molar-refractivity contribution >= 4 is 39.5 Å². The molecule has 1 fully saturated rings. The minimum Gasteiger partial charge on any atom is -0.452 e. The molecule has 0 saturated carbocycles. The fourth-order valence-electron chi connectivity index (χ4n) is 1.85. The number of nitrogens with one attached hydrogen (secondary N) is 1. The van der Waals surface area contributed by atoms with Crippen molar-refractivity contribution < 1.29 is 27.5 Å². The molecule has 124 valence electrons. The number of hydrogen-bond acceptors (Lipinski definition) is 6. The SMILES string of the molecule is NS(=O)(=O)c1cc(C(=O)OCC(=O)N2CCNC2=O)ccc1Cl. The van der Waals surface area contributed by atoms with Gasteiger partial charge in [0.25, 0.3) is 5.91 Å². The first-order valence-electron chi connectivity index (χ1n) is 6.28. The van der Waals surface area contributed by atoms with Crippen molar-refractivity contribution in [1.29, 1.82) is 0 Å². The van der Waals surface area contributed by atoms with Crippen LogP contribution in [0.1, 0.15) is 10.4 Å². The molecule has 0 radical (unpaired) electrons. The third kappa shape index (κ3) is 3.97. The number of halogens is 1. The third-order valence-electron chi connectivity index (χ3n) is 2.96. The van der Waals surface area contributed by atoms with Gasteiger partial charge in [-0.25, -0.2) is 23.1 Å². The van der Waals surface area contributed by atoms with E-state index in [2.05, 4.69) is 5.32 Å². The van der Waals surface area contributed by atoms with Crippen LogP contribution in [0.3, 0.4) is 0 Å². The van der Waals surface area contributed by atoms with Crippen molar-refractivity contribution in [3.63, 3.8) is 0 Å². The van der Waals surface area contributed by atoms with Gasteiger partial charge in [0, 0.05) is 13.1 Å². The largest absolute Gasteiger partial charge is 0.452 e. The van der Waals surface area contributed by atoms with Crippen LogP contribution in [0.5, 0.6) is 0 Å². The molecule has 1 heterocycles. The van der Waals surface area contributed by atoms with E-state index in [1.165, 1.54) is 12.1 Å². The number of nitrogens with zero attached hydrogens (tertiary/aromatic N) is 1. The highest BCUT2D eigenvalue weighted by atomic mass is 35.5. The Morgan fingerprint density at radius 1 is 1.39 bits per heavy atom. The lowest BCUT2D eigenvalue weighted by atomic mass is 10.2. The molecule has 9 nitrogen and oxygen atoms in total. The number of amides is 3. The van der Waals surface area contributed by atoms with Gasteiger partial charge in [0.15, 0.2) is 6.61 Å². The minimum absolute atomic E-state index is 0.142. The van der Waals surface area contributed by atoms with Crippen molar-refractivity contribution in [2.75, 3.05) is 19.7 Å². The molecule has 1 aromatic rings. The lowest BCUT2D eigenvalue weighted by Crippen LogP contribution is -2.37. The van der Waals surface area contributed by atoms with Gasteiger partial charge >= 0.3 is 12.0 Å². The molecular weight excluding hydrogens is 350 g/mol. The second-order valence-corrected chi connectivity index (χ2v) is 6.48. The second kappa shape index (κ2) is 6.52. The van der Waals surface area contributed by atoms with Crippen molar-refractivity contribution in [2.45, 2.75) is 4.90 Å². The van der Waals surface area contributed by atoms with Crippen LogP contribution in [0.4, 0.5) is 4.79 Å². The van der Waals surface area contributed by atoms with Crippen LogP contribution < -0.4 is 10.5 Å². The Hall–Kier alpha value is -2.17. The molecule has 0 bridgehead atoms. The van der Waals surface area contributed by atoms with Crippen molar-refractivity contribution in [3.05, 3.63) is 28.8 Å². The van der Waals surface area contributed by atoms with Gasteiger partial charge in [-0.15, -0.1) is 0 Å². The summed E-state index contributed by atoms with van der Waals surface area (Å²) >= 11 is 5.70. The summed E-state index contributed by atoms with van der Waals surface area (Å²) in [7, 11) is -4.11. The van der Waals surface area contributed by atoms with Crippen LogP contribution in [0.25, 0.3) is 0 Å². The van der Waals surface area contributed by atoms with Crippen LogP contribution in [0, 0.1) is 0 Å². The summed E-state index contributed by atoms with van der Waals surface area (Å²) in [6.07, 6.45) is 0. The van der Waals surface area contributed by atoms with Gasteiger partial charge in [-0.1, -0.05) is 11.6 Å². The van der Waals surface area contributed by atoms with Gasteiger partial charge in [0.05, 0.1) is 10.6 Å². The van der Waals surface area contributed by atoms with Crippen LogP contribution in [0.2, 0.25) is 5.02 Å². The van der Waals surface area contributed by atoms with Gasteiger partial charge in [0.2, 0.25) is 10.0 Å². The summed E-state index contributed by atoms with van der Waals surface area (Å²) in [6.45, 7) is -0.140. The van der Waals surface area contributed by atoms with E-state index in [9.17, 15) is 22.8 Å². The maximum atomic E-state index is 11.9. The maximum Gasteiger partial charge on any atom is 0.338 e. The minimum atomic E-state index is -4.11. The Bertz CT molecular complexity index is 779. The van der Waals surface area contributed by atoms with E-state index in [1.54, 1.807) is 0 Å². The molecule has 0 atom stereocenters. The van der Waals surface area contributed by atoms with E-state index in [0.717, 1.165) is 11.0 Å². The maximum absolute atomic E-state index is 11.9. The smallest absolute Gasteiger partial charge is 0.338 e. The number of primary sulfonamides is 1. The number of imide groups is 1. The Morgan fingerprint density at radius 3 is 2.65 bits per heavy atom. The quantitative estimate of drug-likeness (QED) is 0.706. The van der Waals surface area contributed by atoms with Gasteiger partial charge in [-0.2, -0.15) is 0 Å². The van der Waals surface area contributed by atoms with Gasteiger partial charge < -0.3 is 10.1 Å². The summed E-state index contributed by atoms with van der Waals surface area (Å²) in [5, 5.41) is 7.26. The number of carbonyl (C=O) groups excluding carboxylic acids is 3. The van der Waals surface area contributed by atoms with Crippen LogP contribution in [0.15, 0.2) is 23.1 Å². The number of esters is 1. The first-order valence-corrected chi connectivity index (χ1v) is 8.20. The lowest BCUT2D eigenvalue weighted by Gasteiger charge is -2.12. The van der Waals surface area contributed by atoms with E-state index in [0.29, 0.717) is 6.54 Å². The number of nitrogens with two attached hydrogens (primary N) is 1. The molecule has 1 aromatic carbocycles. The van der Waals surface area contributed by atoms with E-state index < -0.39 is 39.4 Å². The van der Waals surface area contributed by atoms with Crippen LogP contribution in [-0.4, -0.2) is 50.9 Å². The fraction of sp³-hybridized carbons (Fsp3) is 0.250. The topological polar surface area (TPSA) is 136 Å². The Labute approximate surface area is 136 Å². The number of carbonyl (C=O) groups is 3. The monoisotopic (exact) mass is 361 g/mol. The van der Waals surface area contributed by atoms with Crippen molar-refractivity contribution in [2.24, 2.45) is 5.14 Å². The highest BCUT2D eigenvalue weighted by molar-refractivity contribution is 7.89. The standard InChI is InChI=1S/C12H12ClN3O6S/c13-8-2-1-7(5-9(8)23(14,20)21)11(18)22-6-10(17)16-4-3-15-12(16)19/h1-2,5H,3-4,6H2,(H,15,19)(H2,14,20,21). The molecule has 3 amide bonds. The molecule has 0 spiro atoms. The summed E-state index contributed by atoms with van der Waals surface area (Å²) < 4.78 is 27.5. The lowest BCUT2D eigenvalue weighted by molar-refractivity contribution is -0.130. The molecule has 1 saturated heterocycles. The number of benzene rings is 1. The fourth-order valence-corrected chi connectivity index (χ4v) is 2.92. The molecule has 0 unspecified atom stereocenters. The first kappa shape index (κ1) is 17.2. The Balaban J connectivity index is 2.07. The summed E-state index contributed by atoms with van der Waals surface area (Å²) in [4.78, 5) is 35.3. The summed E-state index contributed by atoms with van der Waals surface area (Å²) in [5.74, 6) is -1.63. The van der Waals surface area contributed by atoms with E-state index in [4.69, 9.17) is 21.5 Å². The number of hydrogen-bond donors (Lipinski definition) is 2. The average Bonchev–Trinajstić information content (AvgIpc) is 2.90. The zero-order valence-corrected chi connectivity index (χ0v) is 13.2. The second-order valence-electron chi connectivity index (χ2n) is 4.54. The van der Waals surface area contributed by atoms with Gasteiger partial charge in [-0.3, -0.25) is 9.69 Å². The molecule has 11 heteroatoms. The number of ether oxygens (including phenoxy) is 1. The number of rotatable bonds is 4. The van der Waals surface area contributed by atoms with Crippen molar-refractivity contribution in [3.8, 4) is 0 Å². The Morgan fingerprint density at radius 2 is 2.09 bits per heavy atom. The average molecular weight is 362 g/mol. The molecule has 0 aliphatic carbocycles. The Kier molecular flexibility index (Phi) is 4.88. The van der Waals surface area contributed by atoms with Crippen molar-refractivity contribution in [1.82, 2.24) is 10.2 Å². The molecule has 2 rings (SSSR count). The molecule has 0 aromatic heterocycles. The molecular formula is C12H12ClN3O6S. The highest BCUT2D eigenvalue weighted by Gasteiger charge is 2.27. The zero-order valence-electron chi connectivity index (χ0n) is 11.6. The predicted molar refractivity (Wildman–Crippen MR) is 78.2 cm³/mol. The van der Waals surface area contributed by atoms with Crippen LogP contribution >= 0.6 is 11.6 Å². The summed E-state index contributed by atoms with van der Waals surface area (Å²) in [5.41, 5.74) is -0.142. The normalized spacial score (nSPS) is 14.5. The zero-order chi connectivity index (χ0) is 17.2. The number of urea groups is 1. The first-order chi connectivity index (χ1) is 10.7. The van der Waals surface area contributed by atoms with Crippen LogP contribution in [-0.2, 0) is 19.6 Å². The molecule has 23 heavy (non-hydrogen) atoms. The molecule has 1 aliphatic rings. The third-order valence-corrected chi connectivity index (χ3v) is 4.35. The molecule has 3 N–H and O–H groups in total. The predicted octanol–water partition coefficient (Wildman–Crippen LogP) is -0.304. The highest BCUT2D eigenvalue weighted by Crippen LogP contribution is 2.21. The van der Waals surface area contributed by atoms with E-state index >= 15 is 0 Å². The number of sulfonamides is 1. The summed E-state index contributed by atoms with van der Waals surface area (Å²) in [6, 6.07) is 2.79. The van der Waals surface area contributed by atoms with Gasteiger partial charge in [0.1, 0.15) is 4.90 Å². The van der Waals surface area contributed by atoms with E-state index in [1.807, 2.05) is 0 Å². The van der Waals surface area contributed by atoms with Gasteiger partial charge in [-0.05, 0) is 18.2 Å².